The molecule has 0 aliphatic rings. The van der Waals surface area contributed by atoms with Crippen LogP contribution < -0.4 is 10.6 Å². The van der Waals surface area contributed by atoms with Crippen molar-refractivity contribution in [1.82, 2.24) is 10.3 Å². The summed E-state index contributed by atoms with van der Waals surface area (Å²) in [7, 11) is 0. The van der Waals surface area contributed by atoms with E-state index >= 15 is 0 Å². The van der Waals surface area contributed by atoms with Crippen LogP contribution in [0.4, 0.5) is 5.82 Å². The SMILES string of the molecule is O=C(CCCNC(=O)c1cc2ccccc2o1)Nc1ccccn1. The van der Waals surface area contributed by atoms with Crippen molar-refractivity contribution in [1.29, 1.82) is 0 Å². The number of para-hydroxylation sites is 1. The van der Waals surface area contributed by atoms with Crippen LogP contribution in [0.25, 0.3) is 11.0 Å². The molecule has 2 N–H and O–H groups in total. The lowest BCUT2D eigenvalue weighted by Crippen LogP contribution is -2.25. The number of rotatable bonds is 6. The first-order valence-electron chi connectivity index (χ1n) is 7.70. The van der Waals surface area contributed by atoms with Crippen molar-refractivity contribution < 1.29 is 14.0 Å². The highest BCUT2D eigenvalue weighted by Gasteiger charge is 2.11. The first-order valence-corrected chi connectivity index (χ1v) is 7.70. The molecule has 3 aromatic rings. The molecule has 6 heteroatoms. The van der Waals surface area contributed by atoms with Crippen LogP contribution in [0.5, 0.6) is 0 Å². The zero-order valence-electron chi connectivity index (χ0n) is 13.0. The Balaban J connectivity index is 1.43. The molecule has 3 rings (SSSR count). The summed E-state index contributed by atoms with van der Waals surface area (Å²) in [5, 5.41) is 6.34. The van der Waals surface area contributed by atoms with Gasteiger partial charge in [0.2, 0.25) is 5.91 Å². The Bertz CT molecular complexity index is 810. The van der Waals surface area contributed by atoms with Crippen molar-refractivity contribution >= 4 is 28.6 Å². The molecule has 0 aliphatic heterocycles. The number of fused-ring (bicyclic) bond motifs is 1. The molecule has 1 aromatic carbocycles. The van der Waals surface area contributed by atoms with Crippen molar-refractivity contribution in [2.45, 2.75) is 12.8 Å². The maximum absolute atomic E-state index is 12.0. The van der Waals surface area contributed by atoms with Gasteiger partial charge in [-0.3, -0.25) is 9.59 Å². The molecule has 0 unspecified atom stereocenters. The highest BCUT2D eigenvalue weighted by atomic mass is 16.3. The summed E-state index contributed by atoms with van der Waals surface area (Å²) in [6.45, 7) is 0.394. The molecule has 0 atom stereocenters. The predicted molar refractivity (Wildman–Crippen MR) is 90.6 cm³/mol. The number of nitrogens with one attached hydrogen (secondary N) is 2. The highest BCUT2D eigenvalue weighted by Crippen LogP contribution is 2.18. The minimum atomic E-state index is -0.281. The maximum Gasteiger partial charge on any atom is 0.287 e. The van der Waals surface area contributed by atoms with Crippen molar-refractivity contribution in [2.24, 2.45) is 0 Å². The van der Waals surface area contributed by atoms with Gasteiger partial charge in [0, 0.05) is 24.5 Å². The molecule has 2 heterocycles. The zero-order chi connectivity index (χ0) is 16.8. The van der Waals surface area contributed by atoms with Crippen molar-refractivity contribution in [3.05, 3.63) is 60.5 Å². The van der Waals surface area contributed by atoms with Crippen LogP contribution in [0.3, 0.4) is 0 Å². The topological polar surface area (TPSA) is 84.2 Å². The van der Waals surface area contributed by atoms with Gasteiger partial charge in [0.05, 0.1) is 0 Å². The lowest BCUT2D eigenvalue weighted by atomic mass is 10.2. The van der Waals surface area contributed by atoms with Crippen LogP contribution in [-0.4, -0.2) is 23.3 Å². The minimum Gasteiger partial charge on any atom is -0.451 e. The second kappa shape index (κ2) is 7.41. The average molecular weight is 323 g/mol. The Kier molecular flexibility index (Phi) is 4.86. The molecule has 0 aliphatic carbocycles. The van der Waals surface area contributed by atoms with Gasteiger partial charge in [-0.15, -0.1) is 0 Å². The second-order valence-corrected chi connectivity index (χ2v) is 5.27. The summed E-state index contributed by atoms with van der Waals surface area (Å²) in [5.41, 5.74) is 0.678. The van der Waals surface area contributed by atoms with Crippen LogP contribution in [0.15, 0.2) is 59.1 Å². The Morgan fingerprint density at radius 1 is 1.08 bits per heavy atom. The van der Waals surface area contributed by atoms with Gasteiger partial charge in [0.15, 0.2) is 5.76 Å². The fraction of sp³-hybridized carbons (Fsp3) is 0.167. The van der Waals surface area contributed by atoms with E-state index in [4.69, 9.17) is 4.42 Å². The molecule has 6 nitrogen and oxygen atoms in total. The zero-order valence-corrected chi connectivity index (χ0v) is 13.0. The highest BCUT2D eigenvalue weighted by molar-refractivity contribution is 5.96. The monoisotopic (exact) mass is 323 g/mol. The summed E-state index contributed by atoms with van der Waals surface area (Å²) >= 11 is 0. The largest absolute Gasteiger partial charge is 0.451 e. The first-order chi connectivity index (χ1) is 11.7. The van der Waals surface area contributed by atoms with E-state index in [1.54, 1.807) is 30.5 Å². The summed E-state index contributed by atoms with van der Waals surface area (Å²) < 4.78 is 5.49. The molecule has 0 saturated heterocycles. The number of pyridine rings is 1. The van der Waals surface area contributed by atoms with Gasteiger partial charge >= 0.3 is 0 Å². The number of carbonyl (C=O) groups is 2. The summed E-state index contributed by atoms with van der Waals surface area (Å²) in [6.07, 6.45) is 2.45. The van der Waals surface area contributed by atoms with Crippen LogP contribution in [-0.2, 0) is 4.79 Å². The first kappa shape index (κ1) is 15.7. The molecule has 2 amide bonds. The van der Waals surface area contributed by atoms with Gasteiger partial charge in [0.1, 0.15) is 11.4 Å². The molecular weight excluding hydrogens is 306 g/mol. The molecular formula is C18H17N3O3. The predicted octanol–water partition coefficient (Wildman–Crippen LogP) is 2.98. The van der Waals surface area contributed by atoms with E-state index in [-0.39, 0.29) is 17.6 Å². The number of hydrogen-bond acceptors (Lipinski definition) is 4. The van der Waals surface area contributed by atoms with E-state index in [0.29, 0.717) is 30.8 Å². The summed E-state index contributed by atoms with van der Waals surface area (Å²) in [6, 6.07) is 14.5. The van der Waals surface area contributed by atoms with Gasteiger partial charge in [0.25, 0.3) is 5.91 Å². The quantitative estimate of drug-likeness (QED) is 0.683. The standard InChI is InChI=1S/C18H17N3O3/c22-17(21-16-8-3-4-10-19-16)9-5-11-20-18(23)15-12-13-6-1-2-7-14(13)24-15/h1-4,6-8,10,12H,5,9,11H2,(H,20,23)(H,19,21,22). The van der Waals surface area contributed by atoms with Gasteiger partial charge in [-0.2, -0.15) is 0 Å². The minimum absolute atomic E-state index is 0.133. The van der Waals surface area contributed by atoms with Crippen LogP contribution in [0.1, 0.15) is 23.4 Å². The number of hydrogen-bond donors (Lipinski definition) is 2. The third-order valence-corrected chi connectivity index (χ3v) is 3.45. The van der Waals surface area contributed by atoms with E-state index in [2.05, 4.69) is 15.6 Å². The van der Waals surface area contributed by atoms with Gasteiger partial charge in [-0.25, -0.2) is 4.98 Å². The molecule has 0 bridgehead atoms. The third-order valence-electron chi connectivity index (χ3n) is 3.45. The van der Waals surface area contributed by atoms with Crippen LogP contribution >= 0.6 is 0 Å². The van der Waals surface area contributed by atoms with Crippen molar-refractivity contribution in [3.8, 4) is 0 Å². The van der Waals surface area contributed by atoms with E-state index in [9.17, 15) is 9.59 Å². The molecule has 0 fully saturated rings. The Hall–Kier alpha value is -3.15. The summed E-state index contributed by atoms with van der Waals surface area (Å²) in [4.78, 5) is 27.8. The number of nitrogens with zero attached hydrogens (tertiary/aromatic N) is 1. The Morgan fingerprint density at radius 3 is 2.71 bits per heavy atom. The number of aromatic nitrogens is 1. The van der Waals surface area contributed by atoms with E-state index in [1.807, 2.05) is 24.3 Å². The normalized spacial score (nSPS) is 10.5. The maximum atomic E-state index is 12.0. The van der Waals surface area contributed by atoms with Crippen molar-refractivity contribution in [3.63, 3.8) is 0 Å². The average Bonchev–Trinajstić information content (AvgIpc) is 3.04. The fourth-order valence-electron chi connectivity index (χ4n) is 2.27. The van der Waals surface area contributed by atoms with Crippen LogP contribution in [0.2, 0.25) is 0 Å². The number of amides is 2. The molecule has 0 spiro atoms. The molecule has 24 heavy (non-hydrogen) atoms. The second-order valence-electron chi connectivity index (χ2n) is 5.27. The number of benzene rings is 1. The van der Waals surface area contributed by atoms with Crippen molar-refractivity contribution in [2.75, 3.05) is 11.9 Å². The van der Waals surface area contributed by atoms with E-state index in [0.717, 1.165) is 5.39 Å². The molecule has 0 radical (unpaired) electrons. The van der Waals surface area contributed by atoms with E-state index in [1.165, 1.54) is 0 Å². The lowest BCUT2D eigenvalue weighted by molar-refractivity contribution is -0.116. The Morgan fingerprint density at radius 2 is 1.92 bits per heavy atom. The van der Waals surface area contributed by atoms with Gasteiger partial charge in [-0.05, 0) is 30.7 Å². The number of furan rings is 1. The van der Waals surface area contributed by atoms with E-state index < -0.39 is 0 Å². The molecule has 122 valence electrons. The van der Waals surface area contributed by atoms with Gasteiger partial charge < -0.3 is 15.1 Å². The number of anilines is 1. The third kappa shape index (κ3) is 3.98. The van der Waals surface area contributed by atoms with Crippen LogP contribution in [0, 0.1) is 0 Å². The summed E-state index contributed by atoms with van der Waals surface area (Å²) in [5.74, 6) is 0.381. The fourth-order valence-corrected chi connectivity index (χ4v) is 2.27. The number of carbonyl (C=O) groups excluding carboxylic acids is 2. The van der Waals surface area contributed by atoms with Gasteiger partial charge in [-0.1, -0.05) is 24.3 Å². The lowest BCUT2D eigenvalue weighted by Gasteiger charge is -2.05. The molecule has 0 saturated carbocycles. The molecule has 2 aromatic heterocycles. The Labute approximate surface area is 138 Å². The smallest absolute Gasteiger partial charge is 0.287 e.